The van der Waals surface area contributed by atoms with Crippen molar-refractivity contribution in [3.05, 3.63) is 35.4 Å². The van der Waals surface area contributed by atoms with Crippen molar-refractivity contribution in [3.63, 3.8) is 0 Å². The molecule has 0 radical (unpaired) electrons. The summed E-state index contributed by atoms with van der Waals surface area (Å²) in [5.41, 5.74) is 10.9. The number of hydrogen-bond donors (Lipinski definition) is 7. The monoisotopic (exact) mass is 636 g/mol. The maximum atomic E-state index is 12.9. The van der Waals surface area contributed by atoms with Gasteiger partial charge >= 0.3 is 21.3 Å². The van der Waals surface area contributed by atoms with E-state index in [-0.39, 0.29) is 29.2 Å². The van der Waals surface area contributed by atoms with Gasteiger partial charge in [0, 0.05) is 12.6 Å². The number of imidazole rings is 1. The average molecular weight is 636 g/mol. The Balaban J connectivity index is 1.26. The Morgan fingerprint density at radius 3 is 2.45 bits per heavy atom. The molecule has 0 aromatic carbocycles. The number of nitrogens with two attached hydrogens (primary N) is 2. The van der Waals surface area contributed by atoms with Crippen LogP contribution in [-0.4, -0.2) is 97.7 Å². The molecule has 8 atom stereocenters. The van der Waals surface area contributed by atoms with Crippen molar-refractivity contribution in [2.24, 2.45) is 0 Å². The first-order valence-electron chi connectivity index (χ1n) is 12.0. The van der Waals surface area contributed by atoms with Crippen LogP contribution in [0.4, 0.5) is 11.6 Å². The molecule has 0 amide bonds. The number of ether oxygens (including phenoxy) is 2. The molecule has 21 nitrogen and oxygen atoms in total. The number of rotatable bonds is 10. The molecular formula is C19H26N8O13P2. The smallest absolute Gasteiger partial charge is 0.387 e. The van der Waals surface area contributed by atoms with Crippen LogP contribution >= 0.6 is 15.6 Å². The van der Waals surface area contributed by atoms with Crippen molar-refractivity contribution in [1.29, 1.82) is 0 Å². The van der Waals surface area contributed by atoms with E-state index in [0.29, 0.717) is 0 Å². The Morgan fingerprint density at radius 2 is 1.74 bits per heavy atom. The van der Waals surface area contributed by atoms with Crippen LogP contribution in [0, 0.1) is 0 Å². The number of fused-ring (bicyclic) bond motifs is 1. The number of nitrogen functional groups attached to an aromatic ring is 2. The lowest BCUT2D eigenvalue weighted by Crippen LogP contribution is -2.34. The van der Waals surface area contributed by atoms with E-state index in [1.165, 1.54) is 29.5 Å². The summed E-state index contributed by atoms with van der Waals surface area (Å²) in [6, 6.07) is 1.29. The quantitative estimate of drug-likeness (QED) is 0.116. The highest BCUT2D eigenvalue weighted by atomic mass is 31.2. The lowest BCUT2D eigenvalue weighted by atomic mass is 10.1. The number of aliphatic hydroxyl groups excluding tert-OH is 2. The molecule has 1 unspecified atom stereocenters. The lowest BCUT2D eigenvalue weighted by molar-refractivity contribution is -0.0588. The summed E-state index contributed by atoms with van der Waals surface area (Å²) in [5, 5.41) is 21.1. The second kappa shape index (κ2) is 11.6. The molecule has 0 bridgehead atoms. The van der Waals surface area contributed by atoms with E-state index in [0.717, 1.165) is 4.57 Å². The van der Waals surface area contributed by atoms with Crippen LogP contribution in [0.2, 0.25) is 0 Å². The number of anilines is 2. The summed E-state index contributed by atoms with van der Waals surface area (Å²) in [7, 11) is -9.96. The van der Waals surface area contributed by atoms with E-state index in [4.69, 9.17) is 39.8 Å². The van der Waals surface area contributed by atoms with E-state index in [1.807, 2.05) is 0 Å². The zero-order chi connectivity index (χ0) is 30.4. The molecule has 2 saturated heterocycles. The zero-order valence-electron chi connectivity index (χ0n) is 21.2. The Hall–Kier alpha value is -2.91. The van der Waals surface area contributed by atoms with Gasteiger partial charge in [-0.2, -0.15) is 4.98 Å². The molecule has 0 spiro atoms. The number of aliphatic hydroxyl groups is 2. The fraction of sp³-hybridized carbons (Fsp3) is 0.526. The maximum Gasteiger partial charge on any atom is 0.472 e. The molecule has 42 heavy (non-hydrogen) atoms. The first kappa shape index (κ1) is 30.5. The largest absolute Gasteiger partial charge is 0.472 e. The molecule has 2 aliphatic heterocycles. The molecule has 23 heteroatoms. The lowest BCUT2D eigenvalue weighted by Gasteiger charge is -2.22. The Kier molecular flexibility index (Phi) is 8.47. The molecule has 2 fully saturated rings. The van der Waals surface area contributed by atoms with E-state index >= 15 is 0 Å². The van der Waals surface area contributed by atoms with Crippen LogP contribution in [0.5, 0.6) is 0 Å². The van der Waals surface area contributed by atoms with Gasteiger partial charge in [0.15, 0.2) is 17.7 Å². The second-order valence-electron chi connectivity index (χ2n) is 9.23. The molecular weight excluding hydrogens is 610 g/mol. The first-order valence-corrected chi connectivity index (χ1v) is 15.1. The summed E-state index contributed by atoms with van der Waals surface area (Å²) < 4.78 is 52.3. The highest BCUT2D eigenvalue weighted by Crippen LogP contribution is 2.49. The third-order valence-corrected chi connectivity index (χ3v) is 7.92. The van der Waals surface area contributed by atoms with Crippen LogP contribution in [0.15, 0.2) is 29.7 Å². The van der Waals surface area contributed by atoms with Gasteiger partial charge in [0.05, 0.1) is 19.5 Å². The van der Waals surface area contributed by atoms with E-state index < -0.39 is 77.5 Å². The number of aromatic nitrogens is 6. The van der Waals surface area contributed by atoms with Crippen LogP contribution in [0.1, 0.15) is 18.9 Å². The van der Waals surface area contributed by atoms with Crippen molar-refractivity contribution in [1.82, 2.24) is 29.1 Å². The third-order valence-electron chi connectivity index (χ3n) is 6.42. The van der Waals surface area contributed by atoms with E-state index in [1.54, 1.807) is 0 Å². The number of nitrogens with zero attached hydrogens (tertiary/aromatic N) is 6. The van der Waals surface area contributed by atoms with E-state index in [9.17, 15) is 29.0 Å². The van der Waals surface area contributed by atoms with Crippen molar-refractivity contribution in [2.75, 3.05) is 24.7 Å². The molecule has 0 aliphatic carbocycles. The normalized spacial score (nSPS) is 29.7. The first-order chi connectivity index (χ1) is 19.7. The van der Waals surface area contributed by atoms with Crippen LogP contribution in [-0.2, 0) is 32.2 Å². The standard InChI is InChI=1S/C19H26N8O13P2/c20-11-1-2-26(19(30)25-11)12-3-8(9(38-12)4-36-41(31,32)33)40-42(34,35)37-5-10-14(28)15(29)18(39-10)27-7-24-13-16(21)22-6-23-17(13)27/h1-2,6-10,12,14-15,18,28-29H,3-5H2,(H,34,35)(H2,20,25,30)(H2,21,22,23)(H2,31,32,33)/t8-,9+,10+,12+,14-,15+,18+/m0/s1. The molecule has 3 aromatic heterocycles. The van der Waals surface area contributed by atoms with Crippen molar-refractivity contribution >= 4 is 38.4 Å². The molecule has 5 heterocycles. The summed E-state index contributed by atoms with van der Waals surface area (Å²) in [4.78, 5) is 56.3. The van der Waals surface area contributed by atoms with Gasteiger partial charge in [-0.1, -0.05) is 0 Å². The highest BCUT2D eigenvalue weighted by molar-refractivity contribution is 7.47. The molecule has 3 aromatic rings. The predicted octanol–water partition coefficient (Wildman–Crippen LogP) is -2.23. The minimum absolute atomic E-state index is 0.0704. The predicted molar refractivity (Wildman–Crippen MR) is 136 cm³/mol. The van der Waals surface area contributed by atoms with Crippen LogP contribution in [0.3, 0.4) is 0 Å². The summed E-state index contributed by atoms with van der Waals surface area (Å²) in [6.45, 7) is -1.53. The van der Waals surface area contributed by atoms with Gasteiger partial charge < -0.3 is 45.8 Å². The van der Waals surface area contributed by atoms with Gasteiger partial charge in [-0.25, -0.2) is 28.9 Å². The number of phosphoric ester groups is 2. The average Bonchev–Trinajstić information content (AvgIpc) is 3.58. The van der Waals surface area contributed by atoms with Crippen LogP contribution < -0.4 is 17.2 Å². The van der Waals surface area contributed by atoms with Gasteiger partial charge in [-0.05, 0) is 6.07 Å². The second-order valence-corrected chi connectivity index (χ2v) is 11.9. The van der Waals surface area contributed by atoms with Crippen molar-refractivity contribution in [2.45, 2.75) is 49.4 Å². The topological polar surface area (TPSA) is 312 Å². The molecule has 2 aliphatic rings. The minimum atomic E-state index is -4.99. The molecule has 0 saturated carbocycles. The molecule has 230 valence electrons. The number of phosphoric acid groups is 2. The fourth-order valence-corrected chi connectivity index (χ4v) is 5.77. The Morgan fingerprint density at radius 1 is 1.00 bits per heavy atom. The Labute approximate surface area is 234 Å². The summed E-state index contributed by atoms with van der Waals surface area (Å²) in [6.07, 6.45) is -6.12. The van der Waals surface area contributed by atoms with Gasteiger partial charge in [0.1, 0.15) is 54.4 Å². The van der Waals surface area contributed by atoms with Gasteiger partial charge in [0.2, 0.25) is 0 Å². The minimum Gasteiger partial charge on any atom is -0.387 e. The molecule has 5 rings (SSSR count). The fourth-order valence-electron chi connectivity index (χ4n) is 4.47. The molecule has 9 N–H and O–H groups in total. The van der Waals surface area contributed by atoms with Gasteiger partial charge in [-0.15, -0.1) is 0 Å². The zero-order valence-corrected chi connectivity index (χ0v) is 23.0. The number of hydrogen-bond acceptors (Lipinski definition) is 16. The third kappa shape index (κ3) is 6.52. The van der Waals surface area contributed by atoms with Gasteiger partial charge in [0.25, 0.3) is 0 Å². The highest BCUT2D eigenvalue weighted by Gasteiger charge is 2.47. The Bertz CT molecular complexity index is 1600. The van der Waals surface area contributed by atoms with Gasteiger partial charge in [-0.3, -0.25) is 22.7 Å². The summed E-state index contributed by atoms with van der Waals surface area (Å²) in [5.74, 6) is 0.00388. The van der Waals surface area contributed by atoms with Crippen LogP contribution in [0.25, 0.3) is 11.2 Å². The SMILES string of the molecule is Nc1ccn([C@H]2C[C@H](OP(=O)(O)OC[C@H]3O[C@@H](n4cnc5c(N)ncnc54)[C@H](O)[C@H]3O)[C@@H](COP(=O)(O)O)O2)c(=O)n1. The summed E-state index contributed by atoms with van der Waals surface area (Å²) >= 11 is 0. The van der Waals surface area contributed by atoms with Crippen molar-refractivity contribution in [3.8, 4) is 0 Å². The van der Waals surface area contributed by atoms with E-state index in [2.05, 4.69) is 24.5 Å². The van der Waals surface area contributed by atoms with Crippen molar-refractivity contribution < 1.29 is 57.1 Å². The maximum absolute atomic E-state index is 12.9.